The third-order valence-electron chi connectivity index (χ3n) is 6.17. The van der Waals surface area contributed by atoms with Gasteiger partial charge >= 0.3 is 0 Å². The molecule has 0 saturated carbocycles. The molecule has 1 atom stereocenters. The van der Waals surface area contributed by atoms with Gasteiger partial charge in [-0.2, -0.15) is 0 Å². The number of hydrogen-bond donors (Lipinski definition) is 1. The standard InChI is InChI=1S/C29H33ClFN3O4S/c1-4-16-32-29(36)27(5-2)33(19-22-11-9-10-21(3)17-22)28(35)20-34(23-14-15-26(31)25(30)18-23)39(37,38)24-12-7-6-8-13-24/h6-15,17-18,27H,4-5,16,19-20H2,1-3H3,(H,32,36)/t27-/m0/s1. The average Bonchev–Trinajstić information content (AvgIpc) is 2.92. The molecular weight excluding hydrogens is 541 g/mol. The molecule has 0 saturated heterocycles. The average molecular weight is 574 g/mol. The maximum Gasteiger partial charge on any atom is 0.264 e. The molecular formula is C29H33ClFN3O4S. The van der Waals surface area contributed by atoms with Gasteiger partial charge in [0.05, 0.1) is 15.6 Å². The molecule has 2 amide bonds. The number of nitrogens with zero attached hydrogens (tertiary/aromatic N) is 2. The number of benzene rings is 3. The van der Waals surface area contributed by atoms with Crippen LogP contribution >= 0.6 is 11.6 Å². The summed E-state index contributed by atoms with van der Waals surface area (Å²) in [5.41, 5.74) is 1.81. The summed E-state index contributed by atoms with van der Waals surface area (Å²) in [6.07, 6.45) is 1.04. The minimum Gasteiger partial charge on any atom is -0.354 e. The van der Waals surface area contributed by atoms with Crippen molar-refractivity contribution in [2.75, 3.05) is 17.4 Å². The lowest BCUT2D eigenvalue weighted by molar-refractivity contribution is -0.140. The van der Waals surface area contributed by atoms with Gasteiger partial charge in [0.15, 0.2) is 0 Å². The van der Waals surface area contributed by atoms with Crippen LogP contribution in [0, 0.1) is 12.7 Å². The predicted molar refractivity (Wildman–Crippen MR) is 151 cm³/mol. The van der Waals surface area contributed by atoms with E-state index in [0.717, 1.165) is 27.9 Å². The summed E-state index contributed by atoms with van der Waals surface area (Å²) in [4.78, 5) is 28.4. The van der Waals surface area contributed by atoms with E-state index in [-0.39, 0.29) is 28.1 Å². The second-order valence-electron chi connectivity index (χ2n) is 9.15. The van der Waals surface area contributed by atoms with Crippen molar-refractivity contribution in [2.24, 2.45) is 0 Å². The molecule has 0 aliphatic rings. The second kappa shape index (κ2) is 13.6. The number of nitrogens with one attached hydrogen (secondary N) is 1. The Kier molecular flexibility index (Phi) is 10.5. The van der Waals surface area contributed by atoms with Crippen molar-refractivity contribution >= 4 is 39.1 Å². The van der Waals surface area contributed by atoms with E-state index < -0.39 is 34.3 Å². The Bertz CT molecular complexity index is 1400. The Morgan fingerprint density at radius 1 is 1.00 bits per heavy atom. The maximum absolute atomic E-state index is 14.0. The largest absolute Gasteiger partial charge is 0.354 e. The molecule has 0 aliphatic heterocycles. The van der Waals surface area contributed by atoms with Crippen LogP contribution in [0.4, 0.5) is 10.1 Å². The number of aryl methyl sites for hydroxylation is 1. The lowest BCUT2D eigenvalue weighted by atomic mass is 10.1. The Hall–Kier alpha value is -3.43. The highest BCUT2D eigenvalue weighted by atomic mass is 35.5. The van der Waals surface area contributed by atoms with E-state index in [1.165, 1.54) is 29.2 Å². The first kappa shape index (κ1) is 30.1. The summed E-state index contributed by atoms with van der Waals surface area (Å²) >= 11 is 5.99. The van der Waals surface area contributed by atoms with E-state index in [2.05, 4.69) is 5.32 Å². The quantitative estimate of drug-likeness (QED) is 0.318. The Morgan fingerprint density at radius 3 is 2.33 bits per heavy atom. The Balaban J connectivity index is 2.06. The lowest BCUT2D eigenvalue weighted by Gasteiger charge is -2.33. The lowest BCUT2D eigenvalue weighted by Crippen LogP contribution is -2.52. The number of sulfonamides is 1. The van der Waals surface area contributed by atoms with Gasteiger partial charge in [0.1, 0.15) is 18.4 Å². The highest BCUT2D eigenvalue weighted by Gasteiger charge is 2.33. The van der Waals surface area contributed by atoms with Crippen molar-refractivity contribution in [1.82, 2.24) is 10.2 Å². The highest BCUT2D eigenvalue weighted by molar-refractivity contribution is 7.92. The van der Waals surface area contributed by atoms with Crippen molar-refractivity contribution in [2.45, 2.75) is 51.1 Å². The number of rotatable bonds is 12. The van der Waals surface area contributed by atoms with Crippen molar-refractivity contribution in [3.05, 3.63) is 94.8 Å². The summed E-state index contributed by atoms with van der Waals surface area (Å²) in [7, 11) is -4.25. The molecule has 0 unspecified atom stereocenters. The van der Waals surface area contributed by atoms with E-state index in [9.17, 15) is 22.4 Å². The Labute approximate surface area is 234 Å². The molecule has 0 heterocycles. The smallest absolute Gasteiger partial charge is 0.264 e. The molecule has 3 rings (SSSR count). The molecule has 7 nitrogen and oxygen atoms in total. The van der Waals surface area contributed by atoms with Gasteiger partial charge in [0.25, 0.3) is 10.0 Å². The van der Waals surface area contributed by atoms with Crippen LogP contribution in [0.2, 0.25) is 5.02 Å². The van der Waals surface area contributed by atoms with Gasteiger partial charge in [0, 0.05) is 13.1 Å². The number of hydrogen-bond acceptors (Lipinski definition) is 4. The van der Waals surface area contributed by atoms with Gasteiger partial charge in [-0.25, -0.2) is 12.8 Å². The maximum atomic E-state index is 14.0. The van der Waals surface area contributed by atoms with Gasteiger partial charge in [-0.3, -0.25) is 13.9 Å². The summed E-state index contributed by atoms with van der Waals surface area (Å²) in [6, 6.07) is 17.8. The minimum absolute atomic E-state index is 0.0255. The van der Waals surface area contributed by atoms with Crippen molar-refractivity contribution in [3.8, 4) is 0 Å². The topological polar surface area (TPSA) is 86.8 Å². The van der Waals surface area contributed by atoms with Crippen molar-refractivity contribution in [3.63, 3.8) is 0 Å². The van der Waals surface area contributed by atoms with Gasteiger partial charge in [-0.15, -0.1) is 0 Å². The zero-order chi connectivity index (χ0) is 28.6. The van der Waals surface area contributed by atoms with E-state index in [1.807, 2.05) is 38.1 Å². The molecule has 208 valence electrons. The van der Waals surface area contributed by atoms with Gasteiger partial charge < -0.3 is 10.2 Å². The fraction of sp³-hybridized carbons (Fsp3) is 0.310. The molecule has 0 aliphatic carbocycles. The second-order valence-corrected chi connectivity index (χ2v) is 11.4. The fourth-order valence-electron chi connectivity index (χ4n) is 4.18. The minimum atomic E-state index is -4.25. The first-order valence-electron chi connectivity index (χ1n) is 12.7. The van der Waals surface area contributed by atoms with Crippen molar-refractivity contribution < 1.29 is 22.4 Å². The molecule has 0 bridgehead atoms. The van der Waals surface area contributed by atoms with Crippen LogP contribution in [0.25, 0.3) is 0 Å². The van der Waals surface area contributed by atoms with Crippen LogP contribution < -0.4 is 9.62 Å². The van der Waals surface area contributed by atoms with Gasteiger partial charge in [0.2, 0.25) is 11.8 Å². The van der Waals surface area contributed by atoms with E-state index in [4.69, 9.17) is 11.6 Å². The molecule has 0 spiro atoms. The predicted octanol–water partition coefficient (Wildman–Crippen LogP) is 5.32. The summed E-state index contributed by atoms with van der Waals surface area (Å²) < 4.78 is 42.4. The van der Waals surface area contributed by atoms with E-state index in [0.29, 0.717) is 13.0 Å². The molecule has 39 heavy (non-hydrogen) atoms. The van der Waals surface area contributed by atoms with Crippen LogP contribution in [-0.4, -0.2) is 44.3 Å². The highest BCUT2D eigenvalue weighted by Crippen LogP contribution is 2.28. The molecule has 0 fully saturated rings. The first-order valence-corrected chi connectivity index (χ1v) is 14.6. The molecule has 0 radical (unpaired) electrons. The molecule has 3 aromatic rings. The summed E-state index contributed by atoms with van der Waals surface area (Å²) in [5, 5.41) is 2.56. The number of anilines is 1. The number of amides is 2. The number of halogens is 2. The van der Waals surface area contributed by atoms with Crippen LogP contribution in [0.3, 0.4) is 0 Å². The SMILES string of the molecule is CCCNC(=O)[C@H](CC)N(Cc1cccc(C)c1)C(=O)CN(c1ccc(F)c(Cl)c1)S(=O)(=O)c1ccccc1. The molecule has 10 heteroatoms. The fourth-order valence-corrected chi connectivity index (χ4v) is 5.78. The molecule has 1 N–H and O–H groups in total. The van der Waals surface area contributed by atoms with Crippen LogP contribution in [0.1, 0.15) is 37.8 Å². The zero-order valence-electron chi connectivity index (χ0n) is 22.2. The normalized spacial score (nSPS) is 12.0. The number of carbonyl (C=O) groups is 2. The van der Waals surface area contributed by atoms with Crippen LogP contribution in [-0.2, 0) is 26.2 Å². The van der Waals surface area contributed by atoms with Crippen molar-refractivity contribution in [1.29, 1.82) is 0 Å². The van der Waals surface area contributed by atoms with Gasteiger partial charge in [-0.1, -0.05) is 73.5 Å². The summed E-state index contributed by atoms with van der Waals surface area (Å²) in [6.45, 7) is 5.57. The zero-order valence-corrected chi connectivity index (χ0v) is 23.8. The third-order valence-corrected chi connectivity index (χ3v) is 8.25. The molecule has 3 aromatic carbocycles. The number of carbonyl (C=O) groups excluding carboxylic acids is 2. The molecule has 0 aromatic heterocycles. The van der Waals surface area contributed by atoms with Crippen LogP contribution in [0.5, 0.6) is 0 Å². The van der Waals surface area contributed by atoms with Crippen LogP contribution in [0.15, 0.2) is 77.7 Å². The summed E-state index contributed by atoms with van der Waals surface area (Å²) in [5.74, 6) is -1.62. The third kappa shape index (κ3) is 7.58. The monoisotopic (exact) mass is 573 g/mol. The Morgan fingerprint density at radius 2 is 1.72 bits per heavy atom. The van der Waals surface area contributed by atoms with E-state index >= 15 is 0 Å². The first-order chi connectivity index (χ1) is 18.6. The van der Waals surface area contributed by atoms with E-state index in [1.54, 1.807) is 25.1 Å². The van der Waals surface area contributed by atoms with Gasteiger partial charge in [-0.05, 0) is 55.7 Å².